The first-order valence-electron chi connectivity index (χ1n) is 9.13. The van der Waals surface area contributed by atoms with Crippen molar-refractivity contribution in [3.05, 3.63) is 34.9 Å². The third-order valence-corrected chi connectivity index (χ3v) is 4.79. The molecule has 5 heteroatoms. The van der Waals surface area contributed by atoms with Gasteiger partial charge in [-0.25, -0.2) is 4.79 Å². The smallest absolute Gasteiger partial charge is 0.329 e. The van der Waals surface area contributed by atoms with Gasteiger partial charge in [0.05, 0.1) is 7.11 Å². The van der Waals surface area contributed by atoms with Gasteiger partial charge in [0, 0.05) is 18.4 Å². The molecule has 0 saturated carbocycles. The number of allylic oxidation sites excluding steroid dienone is 5. The quantitative estimate of drug-likeness (QED) is 0.299. The average Bonchev–Trinajstić information content (AvgIpc) is 2.56. The molecule has 1 atom stereocenters. The Balaban J connectivity index is 4.14. The lowest BCUT2D eigenvalue weighted by Crippen LogP contribution is -2.42. The molecule has 0 unspecified atom stereocenters. The van der Waals surface area contributed by atoms with Gasteiger partial charge in [0.15, 0.2) is 0 Å². The summed E-state index contributed by atoms with van der Waals surface area (Å²) >= 11 is 1.62. The molecule has 0 heterocycles. The van der Waals surface area contributed by atoms with Gasteiger partial charge in [-0.1, -0.05) is 34.9 Å². The van der Waals surface area contributed by atoms with Crippen molar-refractivity contribution in [1.29, 1.82) is 0 Å². The van der Waals surface area contributed by atoms with Crippen LogP contribution in [0.2, 0.25) is 0 Å². The van der Waals surface area contributed by atoms with Crippen molar-refractivity contribution in [3.63, 3.8) is 0 Å². The summed E-state index contributed by atoms with van der Waals surface area (Å²) in [7, 11) is 1.33. The van der Waals surface area contributed by atoms with Gasteiger partial charge in [0.2, 0.25) is 5.91 Å². The van der Waals surface area contributed by atoms with Crippen molar-refractivity contribution in [2.24, 2.45) is 0 Å². The van der Waals surface area contributed by atoms with Crippen molar-refractivity contribution in [1.82, 2.24) is 5.32 Å². The van der Waals surface area contributed by atoms with Crippen LogP contribution in [0.15, 0.2) is 34.9 Å². The highest BCUT2D eigenvalue weighted by molar-refractivity contribution is 7.99. The van der Waals surface area contributed by atoms with E-state index in [9.17, 15) is 9.59 Å². The lowest BCUT2D eigenvalue weighted by molar-refractivity contribution is -0.144. The summed E-state index contributed by atoms with van der Waals surface area (Å²) in [6.45, 7) is 10.0. The van der Waals surface area contributed by atoms with E-state index in [1.54, 1.807) is 11.8 Å². The van der Waals surface area contributed by atoms with Crippen molar-refractivity contribution in [2.45, 2.75) is 66.3 Å². The summed E-state index contributed by atoms with van der Waals surface area (Å²) in [6, 6.07) is -0.581. The Hall–Kier alpha value is -1.49. The van der Waals surface area contributed by atoms with Crippen LogP contribution in [-0.2, 0) is 14.3 Å². The summed E-state index contributed by atoms with van der Waals surface area (Å²) in [5, 5.41) is 2.62. The number of thioether (sulfide) groups is 1. The van der Waals surface area contributed by atoms with Crippen LogP contribution < -0.4 is 5.32 Å². The maximum Gasteiger partial charge on any atom is 0.329 e. The van der Waals surface area contributed by atoms with Crippen LogP contribution in [0, 0.1) is 0 Å². The van der Waals surface area contributed by atoms with Crippen LogP contribution in [0.5, 0.6) is 0 Å². The predicted octanol–water partition coefficient (Wildman–Crippen LogP) is 4.82. The van der Waals surface area contributed by atoms with E-state index in [0.717, 1.165) is 31.4 Å². The first-order chi connectivity index (χ1) is 12.3. The standard InChI is InChI=1S/C21H35NO3S/c1-16(2)9-7-10-17(3)11-8-12-18(4)13-14-26-15-20(21(24)25-6)22-19(5)23/h9,11,13,20H,7-8,10,12,14-15H2,1-6H3,(H,22,23)/t20-/m0/s1. The lowest BCUT2D eigenvalue weighted by Gasteiger charge is -2.14. The van der Waals surface area contributed by atoms with Crippen molar-refractivity contribution >= 4 is 23.6 Å². The van der Waals surface area contributed by atoms with Gasteiger partial charge in [-0.2, -0.15) is 11.8 Å². The van der Waals surface area contributed by atoms with E-state index >= 15 is 0 Å². The zero-order chi connectivity index (χ0) is 19.9. The summed E-state index contributed by atoms with van der Waals surface area (Å²) in [4.78, 5) is 22.8. The van der Waals surface area contributed by atoms with Crippen molar-refractivity contribution < 1.29 is 14.3 Å². The van der Waals surface area contributed by atoms with Gasteiger partial charge < -0.3 is 10.1 Å². The third-order valence-electron chi connectivity index (χ3n) is 3.82. The molecule has 0 aliphatic rings. The molecule has 1 amide bonds. The molecule has 0 bridgehead atoms. The molecule has 1 N–H and O–H groups in total. The highest BCUT2D eigenvalue weighted by Gasteiger charge is 2.19. The van der Waals surface area contributed by atoms with Gasteiger partial charge in [-0.3, -0.25) is 4.79 Å². The number of carbonyl (C=O) groups excluding carboxylic acids is 2. The van der Waals surface area contributed by atoms with E-state index in [0.29, 0.717) is 5.75 Å². The monoisotopic (exact) mass is 381 g/mol. The fourth-order valence-corrected chi connectivity index (χ4v) is 3.28. The number of methoxy groups -OCH3 is 1. The van der Waals surface area contributed by atoms with Crippen LogP contribution in [-0.4, -0.2) is 36.5 Å². The first kappa shape index (κ1) is 24.5. The molecule has 0 saturated heterocycles. The number of hydrogen-bond donors (Lipinski definition) is 1. The number of carbonyl (C=O) groups is 2. The Bertz CT molecular complexity index is 531. The maximum atomic E-state index is 11.6. The number of hydrogen-bond acceptors (Lipinski definition) is 4. The number of nitrogens with one attached hydrogen (secondary N) is 1. The number of amides is 1. The van der Waals surface area contributed by atoms with E-state index in [1.165, 1.54) is 30.8 Å². The van der Waals surface area contributed by atoms with Crippen LogP contribution >= 0.6 is 11.8 Å². The van der Waals surface area contributed by atoms with E-state index in [-0.39, 0.29) is 5.91 Å². The van der Waals surface area contributed by atoms with Crippen LogP contribution in [0.1, 0.15) is 60.3 Å². The van der Waals surface area contributed by atoms with Gasteiger partial charge in [-0.05, 0) is 53.4 Å². The number of rotatable bonds is 12. The topological polar surface area (TPSA) is 55.4 Å². The fourth-order valence-electron chi connectivity index (χ4n) is 2.28. The predicted molar refractivity (Wildman–Crippen MR) is 112 cm³/mol. The molecule has 0 fully saturated rings. The molecule has 0 aliphatic heterocycles. The normalized spacial score (nSPS) is 13.2. The number of ether oxygens (including phenoxy) is 1. The lowest BCUT2D eigenvalue weighted by atomic mass is 10.1. The summed E-state index contributed by atoms with van der Waals surface area (Å²) in [5.41, 5.74) is 4.17. The molecule has 148 valence electrons. The zero-order valence-electron chi connectivity index (χ0n) is 17.2. The van der Waals surface area contributed by atoms with Gasteiger partial charge in [0.25, 0.3) is 0 Å². The minimum Gasteiger partial charge on any atom is -0.467 e. The summed E-state index contributed by atoms with van der Waals surface area (Å²) in [6.07, 6.45) is 11.2. The molecule has 0 aromatic carbocycles. The Morgan fingerprint density at radius 1 is 0.962 bits per heavy atom. The molecule has 0 rings (SSSR count). The van der Waals surface area contributed by atoms with Gasteiger partial charge in [-0.15, -0.1) is 0 Å². The minimum atomic E-state index is -0.581. The first-order valence-corrected chi connectivity index (χ1v) is 10.3. The van der Waals surface area contributed by atoms with Crippen molar-refractivity contribution in [3.8, 4) is 0 Å². The largest absolute Gasteiger partial charge is 0.467 e. The molecule has 0 aromatic rings. The molecule has 0 aromatic heterocycles. The Labute approximate surface area is 163 Å². The van der Waals surface area contributed by atoms with E-state index < -0.39 is 12.0 Å². The molecule has 0 spiro atoms. The van der Waals surface area contributed by atoms with Crippen LogP contribution in [0.3, 0.4) is 0 Å². The molecular weight excluding hydrogens is 346 g/mol. The Kier molecular flexibility index (Phi) is 13.8. The fraction of sp³-hybridized carbons (Fsp3) is 0.619. The van der Waals surface area contributed by atoms with E-state index in [1.807, 2.05) is 0 Å². The molecule has 4 nitrogen and oxygen atoms in total. The zero-order valence-corrected chi connectivity index (χ0v) is 18.0. The van der Waals surface area contributed by atoms with Gasteiger partial charge in [0.1, 0.15) is 6.04 Å². The molecule has 26 heavy (non-hydrogen) atoms. The van der Waals surface area contributed by atoms with Crippen LogP contribution in [0.4, 0.5) is 0 Å². The van der Waals surface area contributed by atoms with Crippen LogP contribution in [0.25, 0.3) is 0 Å². The third kappa shape index (κ3) is 13.8. The van der Waals surface area contributed by atoms with Crippen molar-refractivity contribution in [2.75, 3.05) is 18.6 Å². The summed E-state index contributed by atoms with van der Waals surface area (Å²) < 4.78 is 4.72. The molecule has 0 radical (unpaired) electrons. The molecule has 0 aliphatic carbocycles. The SMILES string of the molecule is COC(=O)[C@H](CSCC=C(C)CCC=C(C)CCC=C(C)C)NC(C)=O. The second-order valence-corrected chi connectivity index (χ2v) is 7.85. The second-order valence-electron chi connectivity index (χ2n) is 6.77. The van der Waals surface area contributed by atoms with E-state index in [2.05, 4.69) is 51.2 Å². The summed E-state index contributed by atoms with van der Waals surface area (Å²) in [5.74, 6) is 0.711. The van der Waals surface area contributed by atoms with Gasteiger partial charge >= 0.3 is 5.97 Å². The average molecular weight is 382 g/mol. The Morgan fingerprint density at radius 2 is 1.54 bits per heavy atom. The number of esters is 1. The highest BCUT2D eigenvalue weighted by atomic mass is 32.2. The Morgan fingerprint density at radius 3 is 2.08 bits per heavy atom. The minimum absolute atomic E-state index is 0.223. The highest BCUT2D eigenvalue weighted by Crippen LogP contribution is 2.13. The molecular formula is C21H35NO3S. The maximum absolute atomic E-state index is 11.6. The van der Waals surface area contributed by atoms with E-state index in [4.69, 9.17) is 4.74 Å². The second kappa shape index (κ2) is 14.7.